The molecule has 2 atom stereocenters. The van der Waals surface area contributed by atoms with Crippen molar-refractivity contribution in [2.24, 2.45) is 0 Å². The number of carbonyl (C=O) groups is 1. The van der Waals surface area contributed by atoms with E-state index in [-0.39, 0.29) is 17.6 Å². The lowest BCUT2D eigenvalue weighted by atomic mass is 9.89. The minimum absolute atomic E-state index is 0.0246. The first-order valence-electron chi connectivity index (χ1n) is 7.70. The zero-order valence-electron chi connectivity index (χ0n) is 12.5. The molecule has 2 aliphatic rings. The van der Waals surface area contributed by atoms with Crippen molar-refractivity contribution in [1.29, 1.82) is 0 Å². The number of hydrogen-bond donors (Lipinski definition) is 0. The number of rotatable bonds is 3. The van der Waals surface area contributed by atoms with Crippen LogP contribution in [0.25, 0.3) is 0 Å². The Morgan fingerprint density at radius 2 is 2.48 bits per heavy atom. The van der Waals surface area contributed by atoms with Gasteiger partial charge in [-0.2, -0.15) is 0 Å². The van der Waals surface area contributed by atoms with E-state index in [4.69, 9.17) is 9.47 Å². The molecular formula is C16H22N2O3. The van der Waals surface area contributed by atoms with Crippen LogP contribution in [0, 0.1) is 0 Å². The van der Waals surface area contributed by atoms with Crippen molar-refractivity contribution >= 4 is 5.91 Å². The van der Waals surface area contributed by atoms with Crippen LogP contribution in [0.15, 0.2) is 24.4 Å². The SMILES string of the molecule is CCC(=O)N1CCC[C@]2(C[C@H](Oc3ccccn3)CO2)C1. The molecule has 2 saturated heterocycles. The number of likely N-dealkylation sites (tertiary alicyclic amines) is 1. The van der Waals surface area contributed by atoms with Crippen molar-refractivity contribution in [2.75, 3.05) is 19.7 Å². The first-order chi connectivity index (χ1) is 10.2. The van der Waals surface area contributed by atoms with Gasteiger partial charge >= 0.3 is 0 Å². The van der Waals surface area contributed by atoms with Gasteiger partial charge < -0.3 is 14.4 Å². The molecule has 1 aromatic heterocycles. The van der Waals surface area contributed by atoms with E-state index in [2.05, 4.69) is 4.98 Å². The van der Waals surface area contributed by atoms with Gasteiger partial charge in [0.2, 0.25) is 11.8 Å². The van der Waals surface area contributed by atoms with Crippen LogP contribution in [-0.2, 0) is 9.53 Å². The molecule has 2 aliphatic heterocycles. The molecule has 3 heterocycles. The lowest BCUT2D eigenvalue weighted by Gasteiger charge is -2.39. The fourth-order valence-electron chi connectivity index (χ4n) is 3.28. The topological polar surface area (TPSA) is 51.7 Å². The third-order valence-electron chi connectivity index (χ3n) is 4.29. The highest BCUT2D eigenvalue weighted by molar-refractivity contribution is 5.76. The standard InChI is InChI=1S/C16H22N2O3/c1-2-15(19)18-9-5-7-16(12-18)10-13(11-20-16)21-14-6-3-4-8-17-14/h3-4,6,8,13H,2,5,7,9-12H2,1H3/t13-,16-/m0/s1. The first-order valence-corrected chi connectivity index (χ1v) is 7.70. The van der Waals surface area contributed by atoms with Gasteiger partial charge in [-0.05, 0) is 18.9 Å². The predicted octanol–water partition coefficient (Wildman–Crippen LogP) is 2.02. The molecule has 0 saturated carbocycles. The van der Waals surface area contributed by atoms with Crippen molar-refractivity contribution < 1.29 is 14.3 Å². The van der Waals surface area contributed by atoms with E-state index in [0.29, 0.717) is 25.5 Å². The zero-order chi connectivity index (χ0) is 14.7. The molecule has 1 amide bonds. The van der Waals surface area contributed by atoms with Crippen LogP contribution in [-0.4, -0.2) is 47.2 Å². The van der Waals surface area contributed by atoms with E-state index in [9.17, 15) is 4.79 Å². The minimum Gasteiger partial charge on any atom is -0.472 e. The summed E-state index contributed by atoms with van der Waals surface area (Å²) in [4.78, 5) is 18.0. The predicted molar refractivity (Wildman–Crippen MR) is 78.1 cm³/mol. The van der Waals surface area contributed by atoms with Gasteiger partial charge in [0.05, 0.1) is 12.2 Å². The molecule has 2 fully saturated rings. The maximum atomic E-state index is 11.9. The number of aromatic nitrogens is 1. The van der Waals surface area contributed by atoms with Crippen LogP contribution in [0.4, 0.5) is 0 Å². The van der Waals surface area contributed by atoms with Crippen LogP contribution in [0.2, 0.25) is 0 Å². The van der Waals surface area contributed by atoms with Gasteiger partial charge in [0.15, 0.2) is 0 Å². The maximum absolute atomic E-state index is 11.9. The Hall–Kier alpha value is -1.62. The van der Waals surface area contributed by atoms with Gasteiger partial charge in [-0.25, -0.2) is 4.98 Å². The summed E-state index contributed by atoms with van der Waals surface area (Å²) in [6.45, 7) is 4.03. The van der Waals surface area contributed by atoms with Crippen LogP contribution in [0.3, 0.4) is 0 Å². The van der Waals surface area contributed by atoms with Crippen molar-refractivity contribution in [3.05, 3.63) is 24.4 Å². The van der Waals surface area contributed by atoms with Crippen LogP contribution in [0.5, 0.6) is 5.88 Å². The Bertz CT molecular complexity index is 494. The summed E-state index contributed by atoms with van der Waals surface area (Å²) in [7, 11) is 0. The first kappa shape index (κ1) is 14.3. The molecule has 0 N–H and O–H groups in total. The lowest BCUT2D eigenvalue weighted by Crippen LogP contribution is -2.50. The Morgan fingerprint density at radius 3 is 3.24 bits per heavy atom. The monoisotopic (exact) mass is 290 g/mol. The molecule has 0 bridgehead atoms. The summed E-state index contributed by atoms with van der Waals surface area (Å²) in [5, 5.41) is 0. The van der Waals surface area contributed by atoms with Gasteiger partial charge in [-0.3, -0.25) is 4.79 Å². The van der Waals surface area contributed by atoms with Crippen LogP contribution in [0.1, 0.15) is 32.6 Å². The number of carbonyl (C=O) groups excluding carboxylic acids is 1. The van der Waals surface area contributed by atoms with Gasteiger partial charge in [0, 0.05) is 38.2 Å². The minimum atomic E-state index is -0.220. The molecule has 5 heteroatoms. The molecular weight excluding hydrogens is 268 g/mol. The number of amides is 1. The second-order valence-corrected chi connectivity index (χ2v) is 5.88. The largest absolute Gasteiger partial charge is 0.472 e. The maximum Gasteiger partial charge on any atom is 0.222 e. The molecule has 3 rings (SSSR count). The Kier molecular flexibility index (Phi) is 4.10. The summed E-state index contributed by atoms with van der Waals surface area (Å²) in [6, 6.07) is 5.64. The highest BCUT2D eigenvalue weighted by atomic mass is 16.6. The van der Waals surface area contributed by atoms with Crippen LogP contribution < -0.4 is 4.74 Å². The molecule has 0 aromatic carbocycles. The smallest absolute Gasteiger partial charge is 0.222 e. The van der Waals surface area contributed by atoms with Gasteiger partial charge in [-0.15, -0.1) is 0 Å². The summed E-state index contributed by atoms with van der Waals surface area (Å²) in [6.07, 6.45) is 5.14. The average Bonchev–Trinajstić information content (AvgIpc) is 2.89. The van der Waals surface area contributed by atoms with Crippen molar-refractivity contribution in [3.8, 4) is 5.88 Å². The Morgan fingerprint density at radius 1 is 1.57 bits per heavy atom. The Labute approximate surface area is 125 Å². The highest BCUT2D eigenvalue weighted by Gasteiger charge is 2.45. The Balaban J connectivity index is 1.61. The summed E-state index contributed by atoms with van der Waals surface area (Å²) in [5.41, 5.74) is -0.220. The number of ether oxygens (including phenoxy) is 2. The van der Waals surface area contributed by atoms with Gasteiger partial charge in [-0.1, -0.05) is 13.0 Å². The van der Waals surface area contributed by atoms with Crippen molar-refractivity contribution in [1.82, 2.24) is 9.88 Å². The number of hydrogen-bond acceptors (Lipinski definition) is 4. The van der Waals surface area contributed by atoms with Gasteiger partial charge in [0.25, 0.3) is 0 Å². The van der Waals surface area contributed by atoms with E-state index < -0.39 is 0 Å². The highest BCUT2D eigenvalue weighted by Crippen LogP contribution is 2.36. The van der Waals surface area contributed by atoms with E-state index >= 15 is 0 Å². The number of nitrogens with zero attached hydrogens (tertiary/aromatic N) is 2. The van der Waals surface area contributed by atoms with E-state index in [1.807, 2.05) is 30.0 Å². The summed E-state index contributed by atoms with van der Waals surface area (Å²) < 4.78 is 11.9. The number of pyridine rings is 1. The summed E-state index contributed by atoms with van der Waals surface area (Å²) >= 11 is 0. The molecule has 1 aromatic rings. The van der Waals surface area contributed by atoms with E-state index in [0.717, 1.165) is 25.8 Å². The molecule has 5 nitrogen and oxygen atoms in total. The molecule has 114 valence electrons. The third kappa shape index (κ3) is 3.18. The molecule has 0 radical (unpaired) electrons. The molecule has 1 spiro atoms. The number of piperidine rings is 1. The van der Waals surface area contributed by atoms with Crippen molar-refractivity contribution in [2.45, 2.75) is 44.3 Å². The zero-order valence-corrected chi connectivity index (χ0v) is 12.5. The van der Waals surface area contributed by atoms with E-state index in [1.165, 1.54) is 0 Å². The average molecular weight is 290 g/mol. The quantitative estimate of drug-likeness (QED) is 0.854. The van der Waals surface area contributed by atoms with Crippen molar-refractivity contribution in [3.63, 3.8) is 0 Å². The fourth-order valence-corrected chi connectivity index (χ4v) is 3.28. The molecule has 0 unspecified atom stereocenters. The molecule has 21 heavy (non-hydrogen) atoms. The second-order valence-electron chi connectivity index (χ2n) is 5.88. The normalized spacial score (nSPS) is 28.8. The van der Waals surface area contributed by atoms with Gasteiger partial charge in [0.1, 0.15) is 6.10 Å². The van der Waals surface area contributed by atoms with E-state index in [1.54, 1.807) is 6.20 Å². The second kappa shape index (κ2) is 6.02. The fraction of sp³-hybridized carbons (Fsp3) is 0.625. The third-order valence-corrected chi connectivity index (χ3v) is 4.29. The lowest BCUT2D eigenvalue weighted by molar-refractivity contribution is -0.138. The van der Waals surface area contributed by atoms with Crippen LogP contribution >= 0.6 is 0 Å². The summed E-state index contributed by atoms with van der Waals surface area (Å²) in [5.74, 6) is 0.854. The molecule has 0 aliphatic carbocycles.